The van der Waals surface area contributed by atoms with Crippen molar-refractivity contribution in [2.45, 2.75) is 6.54 Å². The second kappa shape index (κ2) is 7.07. The Hall–Kier alpha value is -3.64. The van der Waals surface area contributed by atoms with Gasteiger partial charge in [-0.05, 0) is 18.2 Å². The maximum absolute atomic E-state index is 9.67. The van der Waals surface area contributed by atoms with Gasteiger partial charge in [-0.3, -0.25) is 4.90 Å². The molecule has 0 aliphatic carbocycles. The summed E-state index contributed by atoms with van der Waals surface area (Å²) in [5.41, 5.74) is 1.49. The summed E-state index contributed by atoms with van der Waals surface area (Å²) in [7, 11) is 2.02. The molecule has 146 valence electrons. The quantitative estimate of drug-likeness (QED) is 0.527. The molecule has 0 spiro atoms. The summed E-state index contributed by atoms with van der Waals surface area (Å²) < 4.78 is 9.12. The first-order chi connectivity index (χ1) is 14.2. The molecular formula is C20H20N8O. The minimum absolute atomic E-state index is 0.426. The van der Waals surface area contributed by atoms with Crippen molar-refractivity contribution in [2.24, 2.45) is 7.05 Å². The fourth-order valence-electron chi connectivity index (χ4n) is 3.67. The molecule has 1 aliphatic rings. The van der Waals surface area contributed by atoms with Crippen LogP contribution in [0.25, 0.3) is 17.1 Å². The first-order valence-corrected chi connectivity index (χ1v) is 9.50. The molecule has 0 N–H and O–H groups in total. The highest BCUT2D eigenvalue weighted by molar-refractivity contribution is 5.73. The second-order valence-electron chi connectivity index (χ2n) is 7.08. The minimum Gasteiger partial charge on any atom is -0.463 e. The Labute approximate surface area is 167 Å². The van der Waals surface area contributed by atoms with E-state index in [1.54, 1.807) is 22.9 Å². The molecular weight excluding hydrogens is 368 g/mol. The van der Waals surface area contributed by atoms with E-state index in [0.717, 1.165) is 44.4 Å². The molecule has 1 saturated heterocycles. The van der Waals surface area contributed by atoms with Crippen LogP contribution in [0.2, 0.25) is 0 Å². The fraction of sp³-hybridized carbons (Fsp3) is 0.300. The van der Waals surface area contributed by atoms with Crippen molar-refractivity contribution in [2.75, 3.05) is 31.1 Å². The number of nitrogens with zero attached hydrogens (tertiary/aromatic N) is 8. The van der Waals surface area contributed by atoms with E-state index in [0.29, 0.717) is 22.7 Å². The maximum atomic E-state index is 9.67. The highest BCUT2D eigenvalue weighted by Gasteiger charge is 2.22. The van der Waals surface area contributed by atoms with Crippen LogP contribution in [0.3, 0.4) is 0 Å². The van der Waals surface area contributed by atoms with Gasteiger partial charge in [0.05, 0.1) is 12.8 Å². The van der Waals surface area contributed by atoms with Gasteiger partial charge in [-0.15, -0.1) is 0 Å². The van der Waals surface area contributed by atoms with Gasteiger partial charge in [0.1, 0.15) is 29.0 Å². The third-order valence-corrected chi connectivity index (χ3v) is 5.32. The molecule has 5 rings (SSSR count). The smallest absolute Gasteiger partial charge is 0.175 e. The van der Waals surface area contributed by atoms with Gasteiger partial charge in [0.2, 0.25) is 0 Å². The summed E-state index contributed by atoms with van der Waals surface area (Å²) in [5.74, 6) is 2.49. The van der Waals surface area contributed by atoms with Crippen LogP contribution < -0.4 is 4.90 Å². The third kappa shape index (κ3) is 3.13. The normalized spacial score (nSPS) is 15.1. The molecule has 29 heavy (non-hydrogen) atoms. The van der Waals surface area contributed by atoms with E-state index >= 15 is 0 Å². The highest BCUT2D eigenvalue weighted by Crippen LogP contribution is 2.26. The van der Waals surface area contributed by atoms with Gasteiger partial charge in [-0.2, -0.15) is 10.4 Å². The molecule has 9 nitrogen and oxygen atoms in total. The van der Waals surface area contributed by atoms with Gasteiger partial charge < -0.3 is 13.9 Å². The molecule has 4 aromatic heterocycles. The molecule has 0 unspecified atom stereocenters. The number of piperazine rings is 1. The predicted molar refractivity (Wildman–Crippen MR) is 106 cm³/mol. The highest BCUT2D eigenvalue weighted by atomic mass is 16.3. The fourth-order valence-corrected chi connectivity index (χ4v) is 3.67. The standard InChI is InChI=1S/C20H20N8O/c1-25-7-5-22-18(25)14-26-8-10-27(11-9-26)17-4-6-28-20(23-17)15(13-21)19(24-28)16-3-2-12-29-16/h2-7,12H,8-11,14H2,1H3. The topological polar surface area (TPSA) is 91.4 Å². The summed E-state index contributed by atoms with van der Waals surface area (Å²) >= 11 is 0. The molecule has 0 atom stereocenters. The summed E-state index contributed by atoms with van der Waals surface area (Å²) in [6.07, 6.45) is 7.23. The van der Waals surface area contributed by atoms with Crippen LogP contribution in [0.5, 0.6) is 0 Å². The summed E-state index contributed by atoms with van der Waals surface area (Å²) in [6, 6.07) is 7.76. The Kier molecular flexibility index (Phi) is 4.26. The lowest BCUT2D eigenvalue weighted by Gasteiger charge is -2.35. The summed E-state index contributed by atoms with van der Waals surface area (Å²) in [6.45, 7) is 4.45. The van der Waals surface area contributed by atoms with E-state index < -0.39 is 0 Å². The molecule has 0 amide bonds. The number of fused-ring (bicyclic) bond motifs is 1. The van der Waals surface area contributed by atoms with E-state index in [4.69, 9.17) is 9.40 Å². The monoisotopic (exact) mass is 388 g/mol. The number of hydrogen-bond donors (Lipinski definition) is 0. The van der Waals surface area contributed by atoms with Crippen LogP contribution in [0.15, 0.2) is 47.5 Å². The first-order valence-electron chi connectivity index (χ1n) is 9.50. The lowest BCUT2D eigenvalue weighted by Crippen LogP contribution is -2.46. The lowest BCUT2D eigenvalue weighted by molar-refractivity contribution is 0.241. The Morgan fingerprint density at radius 1 is 1.17 bits per heavy atom. The molecule has 9 heteroatoms. The molecule has 0 bridgehead atoms. The zero-order valence-electron chi connectivity index (χ0n) is 16.1. The number of furan rings is 1. The number of aryl methyl sites for hydroxylation is 1. The second-order valence-corrected chi connectivity index (χ2v) is 7.08. The van der Waals surface area contributed by atoms with Gasteiger partial charge in [0.15, 0.2) is 11.4 Å². The Morgan fingerprint density at radius 2 is 2.03 bits per heavy atom. The predicted octanol–water partition coefficient (Wildman–Crippen LogP) is 1.92. The van der Waals surface area contributed by atoms with Crippen molar-refractivity contribution in [3.63, 3.8) is 0 Å². The number of hydrogen-bond acceptors (Lipinski definition) is 7. The minimum atomic E-state index is 0.426. The maximum Gasteiger partial charge on any atom is 0.175 e. The summed E-state index contributed by atoms with van der Waals surface area (Å²) in [5, 5.41) is 14.1. The van der Waals surface area contributed by atoms with E-state index in [9.17, 15) is 5.26 Å². The van der Waals surface area contributed by atoms with Gasteiger partial charge in [-0.1, -0.05) is 0 Å². The van der Waals surface area contributed by atoms with Crippen molar-refractivity contribution < 1.29 is 4.42 Å². The van der Waals surface area contributed by atoms with Crippen LogP contribution in [0.1, 0.15) is 11.4 Å². The molecule has 4 aromatic rings. The SMILES string of the molecule is Cn1ccnc1CN1CCN(c2ccn3nc(-c4ccco4)c(C#N)c3n2)CC1. The van der Waals surface area contributed by atoms with Gasteiger partial charge in [-0.25, -0.2) is 14.5 Å². The van der Waals surface area contributed by atoms with E-state index in [1.165, 1.54) is 0 Å². The van der Waals surface area contributed by atoms with Crippen molar-refractivity contribution in [3.05, 3.63) is 54.4 Å². The van der Waals surface area contributed by atoms with Crippen LogP contribution in [0.4, 0.5) is 5.82 Å². The van der Waals surface area contributed by atoms with Crippen LogP contribution in [-0.2, 0) is 13.6 Å². The lowest BCUT2D eigenvalue weighted by atomic mass is 10.2. The van der Waals surface area contributed by atoms with Crippen molar-refractivity contribution in [3.8, 4) is 17.5 Å². The van der Waals surface area contributed by atoms with Gasteiger partial charge in [0.25, 0.3) is 0 Å². The first kappa shape index (κ1) is 17.5. The van der Waals surface area contributed by atoms with E-state index in [-0.39, 0.29) is 0 Å². The number of aromatic nitrogens is 5. The number of imidazole rings is 1. The number of rotatable bonds is 4. The van der Waals surface area contributed by atoms with Gasteiger partial charge in [0, 0.05) is 51.8 Å². The Bertz CT molecular complexity index is 1180. The third-order valence-electron chi connectivity index (χ3n) is 5.32. The van der Waals surface area contributed by atoms with E-state index in [2.05, 4.69) is 30.5 Å². The Balaban J connectivity index is 1.36. The zero-order chi connectivity index (χ0) is 19.8. The molecule has 0 aromatic carbocycles. The van der Waals surface area contributed by atoms with Crippen LogP contribution in [0, 0.1) is 11.3 Å². The molecule has 1 fully saturated rings. The van der Waals surface area contributed by atoms with Crippen LogP contribution >= 0.6 is 0 Å². The average molecular weight is 388 g/mol. The van der Waals surface area contributed by atoms with Gasteiger partial charge >= 0.3 is 0 Å². The largest absolute Gasteiger partial charge is 0.463 e. The molecule has 5 heterocycles. The Morgan fingerprint density at radius 3 is 2.72 bits per heavy atom. The molecule has 1 aliphatic heterocycles. The zero-order valence-corrected chi connectivity index (χ0v) is 16.1. The number of anilines is 1. The molecule has 0 radical (unpaired) electrons. The number of nitriles is 1. The summed E-state index contributed by atoms with van der Waals surface area (Å²) in [4.78, 5) is 13.8. The van der Waals surface area contributed by atoms with Crippen LogP contribution in [-0.4, -0.2) is 55.2 Å². The van der Waals surface area contributed by atoms with Crippen molar-refractivity contribution in [1.82, 2.24) is 29.0 Å². The van der Waals surface area contributed by atoms with E-state index in [1.807, 2.05) is 31.7 Å². The average Bonchev–Trinajstić information content (AvgIpc) is 3.48. The van der Waals surface area contributed by atoms with Crippen molar-refractivity contribution >= 4 is 11.5 Å². The van der Waals surface area contributed by atoms with Crippen molar-refractivity contribution in [1.29, 1.82) is 5.26 Å². The molecule has 0 saturated carbocycles.